The van der Waals surface area contributed by atoms with Crippen LogP contribution in [0, 0.1) is 5.82 Å². The van der Waals surface area contributed by atoms with Crippen LogP contribution in [0.1, 0.15) is 27.6 Å². The van der Waals surface area contributed by atoms with Crippen molar-refractivity contribution in [1.29, 1.82) is 0 Å². The topological polar surface area (TPSA) is 81.4 Å². The summed E-state index contributed by atoms with van der Waals surface area (Å²) in [4.78, 5) is 22.2. The average molecular weight is 278 g/mol. The van der Waals surface area contributed by atoms with Crippen molar-refractivity contribution >= 4 is 11.9 Å². The zero-order valence-electron chi connectivity index (χ0n) is 10.5. The van der Waals surface area contributed by atoms with Crippen LogP contribution >= 0.6 is 0 Å². The number of carbonyl (C=O) groups excluding carboxylic acids is 1. The van der Waals surface area contributed by atoms with Gasteiger partial charge in [0.05, 0.1) is 23.9 Å². The van der Waals surface area contributed by atoms with E-state index >= 15 is 0 Å². The molecule has 0 fully saturated rings. The van der Waals surface area contributed by atoms with Gasteiger partial charge < -0.3 is 9.84 Å². The van der Waals surface area contributed by atoms with E-state index in [2.05, 4.69) is 5.10 Å². The number of aromatic nitrogens is 2. The molecule has 1 aromatic heterocycles. The molecule has 0 spiro atoms. The minimum absolute atomic E-state index is 0.0468. The van der Waals surface area contributed by atoms with Crippen molar-refractivity contribution in [1.82, 2.24) is 9.78 Å². The molecule has 0 unspecified atom stereocenters. The third kappa shape index (κ3) is 2.66. The van der Waals surface area contributed by atoms with Crippen molar-refractivity contribution in [3.05, 3.63) is 47.5 Å². The predicted molar refractivity (Wildman–Crippen MR) is 66.4 cm³/mol. The van der Waals surface area contributed by atoms with E-state index in [0.717, 1.165) is 10.7 Å². The van der Waals surface area contributed by atoms with Gasteiger partial charge in [-0.3, -0.25) is 0 Å². The van der Waals surface area contributed by atoms with Gasteiger partial charge in [0.1, 0.15) is 11.5 Å². The molecule has 7 heteroatoms. The summed E-state index contributed by atoms with van der Waals surface area (Å²) >= 11 is 0. The molecule has 0 amide bonds. The summed E-state index contributed by atoms with van der Waals surface area (Å²) in [6.45, 7) is 1.90. The van der Waals surface area contributed by atoms with Gasteiger partial charge >= 0.3 is 11.9 Å². The number of carbonyl (C=O) groups is 2. The Bertz CT molecular complexity index is 666. The van der Waals surface area contributed by atoms with Crippen LogP contribution in [0.2, 0.25) is 0 Å². The molecule has 104 valence electrons. The minimum atomic E-state index is -1.22. The molecule has 0 bridgehead atoms. The molecule has 0 aliphatic heterocycles. The molecule has 0 atom stereocenters. The van der Waals surface area contributed by atoms with Crippen LogP contribution in [0.25, 0.3) is 5.69 Å². The Kier molecular flexibility index (Phi) is 3.79. The van der Waals surface area contributed by atoms with Gasteiger partial charge in [0.25, 0.3) is 0 Å². The van der Waals surface area contributed by atoms with Gasteiger partial charge in [0.15, 0.2) is 0 Å². The third-order valence-corrected chi connectivity index (χ3v) is 2.54. The standard InChI is InChI=1S/C13H11FN2O4/c1-2-20-13(19)9-6-15-16(7-9)11-4-3-8(12(17)18)5-10(11)14/h3-7H,2H2,1H3,(H,17,18). The first-order valence-electron chi connectivity index (χ1n) is 5.78. The average Bonchev–Trinajstić information content (AvgIpc) is 2.88. The van der Waals surface area contributed by atoms with Crippen molar-refractivity contribution in [2.75, 3.05) is 6.61 Å². The second kappa shape index (κ2) is 5.52. The van der Waals surface area contributed by atoms with Crippen LogP contribution in [0.4, 0.5) is 4.39 Å². The number of carboxylic acids is 1. The minimum Gasteiger partial charge on any atom is -0.478 e. The molecule has 0 aliphatic carbocycles. The summed E-state index contributed by atoms with van der Waals surface area (Å²) in [6, 6.07) is 3.43. The number of rotatable bonds is 4. The van der Waals surface area contributed by atoms with Gasteiger partial charge in [-0.15, -0.1) is 0 Å². The van der Waals surface area contributed by atoms with Crippen LogP contribution in [-0.2, 0) is 4.74 Å². The number of benzene rings is 1. The first-order valence-corrected chi connectivity index (χ1v) is 5.78. The first-order chi connectivity index (χ1) is 9.52. The molecule has 1 aromatic carbocycles. The Labute approximate surface area is 113 Å². The molecule has 6 nitrogen and oxygen atoms in total. The Morgan fingerprint density at radius 3 is 2.75 bits per heavy atom. The van der Waals surface area contributed by atoms with E-state index in [1.807, 2.05) is 0 Å². The maximum absolute atomic E-state index is 13.8. The fraction of sp³-hybridized carbons (Fsp3) is 0.154. The maximum Gasteiger partial charge on any atom is 0.341 e. The van der Waals surface area contributed by atoms with E-state index < -0.39 is 17.8 Å². The van der Waals surface area contributed by atoms with Crippen molar-refractivity contribution in [3.8, 4) is 5.69 Å². The molecule has 0 aliphatic rings. The molecule has 0 radical (unpaired) electrons. The number of ether oxygens (including phenoxy) is 1. The van der Waals surface area contributed by atoms with Gasteiger partial charge in [0.2, 0.25) is 0 Å². The molecule has 0 saturated heterocycles. The molecule has 1 N–H and O–H groups in total. The molecule has 1 heterocycles. The number of halogens is 1. The maximum atomic E-state index is 13.8. The van der Waals surface area contributed by atoms with E-state index in [-0.39, 0.29) is 23.4 Å². The lowest BCUT2D eigenvalue weighted by Crippen LogP contribution is -2.04. The van der Waals surface area contributed by atoms with E-state index in [9.17, 15) is 14.0 Å². The Balaban J connectivity index is 2.33. The fourth-order valence-electron chi connectivity index (χ4n) is 1.60. The number of hydrogen-bond acceptors (Lipinski definition) is 4. The van der Waals surface area contributed by atoms with Gasteiger partial charge in [-0.1, -0.05) is 0 Å². The Morgan fingerprint density at radius 2 is 2.15 bits per heavy atom. The highest BCUT2D eigenvalue weighted by molar-refractivity contribution is 5.89. The monoisotopic (exact) mass is 278 g/mol. The summed E-state index contributed by atoms with van der Waals surface area (Å²) in [6.07, 6.45) is 2.57. The van der Waals surface area contributed by atoms with Gasteiger partial charge in [0, 0.05) is 6.20 Å². The van der Waals surface area contributed by atoms with E-state index in [1.54, 1.807) is 6.92 Å². The summed E-state index contributed by atoms with van der Waals surface area (Å²) in [5.74, 6) is -2.52. The van der Waals surface area contributed by atoms with E-state index in [1.165, 1.54) is 24.5 Å². The van der Waals surface area contributed by atoms with Crippen LogP contribution in [0.15, 0.2) is 30.6 Å². The SMILES string of the molecule is CCOC(=O)c1cnn(-c2ccc(C(=O)O)cc2F)c1. The van der Waals surface area contributed by atoms with E-state index in [4.69, 9.17) is 9.84 Å². The van der Waals surface area contributed by atoms with E-state index in [0.29, 0.717) is 0 Å². The van der Waals surface area contributed by atoms with Crippen molar-refractivity contribution in [2.45, 2.75) is 6.92 Å². The highest BCUT2D eigenvalue weighted by Gasteiger charge is 2.14. The van der Waals surface area contributed by atoms with Crippen LogP contribution in [0.5, 0.6) is 0 Å². The summed E-state index contributed by atoms with van der Waals surface area (Å²) < 4.78 is 19.8. The molecule has 2 rings (SSSR count). The van der Waals surface area contributed by atoms with Crippen LogP contribution in [-0.4, -0.2) is 33.4 Å². The number of aromatic carboxylic acids is 1. The Hall–Kier alpha value is -2.70. The lowest BCUT2D eigenvalue weighted by molar-refractivity contribution is 0.0526. The van der Waals surface area contributed by atoms with Gasteiger partial charge in [-0.2, -0.15) is 5.10 Å². The quantitative estimate of drug-likeness (QED) is 0.864. The highest BCUT2D eigenvalue weighted by Crippen LogP contribution is 2.15. The molecular formula is C13H11FN2O4. The zero-order valence-corrected chi connectivity index (χ0v) is 10.5. The number of nitrogens with zero attached hydrogens (tertiary/aromatic N) is 2. The summed E-state index contributed by atoms with van der Waals surface area (Å²) in [5, 5.41) is 12.6. The second-order valence-electron chi connectivity index (χ2n) is 3.87. The number of carboxylic acid groups (broad SMARTS) is 1. The fourth-order valence-corrected chi connectivity index (χ4v) is 1.60. The first kappa shape index (κ1) is 13.7. The van der Waals surface area contributed by atoms with Crippen LogP contribution in [0.3, 0.4) is 0 Å². The lowest BCUT2D eigenvalue weighted by atomic mass is 10.2. The third-order valence-electron chi connectivity index (χ3n) is 2.54. The molecule has 20 heavy (non-hydrogen) atoms. The Morgan fingerprint density at radius 1 is 1.40 bits per heavy atom. The van der Waals surface area contributed by atoms with Gasteiger partial charge in [-0.25, -0.2) is 18.7 Å². The number of hydrogen-bond donors (Lipinski definition) is 1. The smallest absolute Gasteiger partial charge is 0.341 e. The van der Waals surface area contributed by atoms with Crippen molar-refractivity contribution in [2.24, 2.45) is 0 Å². The lowest BCUT2D eigenvalue weighted by Gasteiger charge is -2.04. The molecule has 2 aromatic rings. The van der Waals surface area contributed by atoms with Gasteiger partial charge in [-0.05, 0) is 25.1 Å². The largest absolute Gasteiger partial charge is 0.478 e. The highest BCUT2D eigenvalue weighted by atomic mass is 19.1. The second-order valence-corrected chi connectivity index (χ2v) is 3.87. The van der Waals surface area contributed by atoms with Crippen LogP contribution < -0.4 is 0 Å². The predicted octanol–water partition coefficient (Wildman–Crippen LogP) is 1.89. The summed E-state index contributed by atoms with van der Waals surface area (Å²) in [5.41, 5.74) is 0.0723. The summed E-state index contributed by atoms with van der Waals surface area (Å²) in [7, 11) is 0. The number of esters is 1. The zero-order chi connectivity index (χ0) is 14.7. The molecular weight excluding hydrogens is 267 g/mol. The van der Waals surface area contributed by atoms with Crippen molar-refractivity contribution < 1.29 is 23.8 Å². The normalized spacial score (nSPS) is 10.3. The molecule has 0 saturated carbocycles. The van der Waals surface area contributed by atoms with Crippen molar-refractivity contribution in [3.63, 3.8) is 0 Å².